The summed E-state index contributed by atoms with van der Waals surface area (Å²) < 4.78 is 11.1. The van der Waals surface area contributed by atoms with E-state index in [2.05, 4.69) is 31.6 Å². The summed E-state index contributed by atoms with van der Waals surface area (Å²) in [7, 11) is 0. The van der Waals surface area contributed by atoms with Crippen LogP contribution in [0.2, 0.25) is 0 Å². The van der Waals surface area contributed by atoms with Gasteiger partial charge in [0.2, 0.25) is 0 Å². The van der Waals surface area contributed by atoms with Crippen molar-refractivity contribution in [3.8, 4) is 22.6 Å². The van der Waals surface area contributed by atoms with Gasteiger partial charge >= 0.3 is 0 Å². The van der Waals surface area contributed by atoms with Crippen LogP contribution in [-0.4, -0.2) is 24.5 Å². The standard InChI is InChI=1S/C27H30N2O4/c1-19(33-24-16-12-22(13-17-24)27(2,3)4)26(31)29-28-25(30)18-32-23-14-10-21(11-15-23)20-8-6-5-7-9-20/h5-17,19H,18H2,1-4H3,(H,28,30)(H,29,31). The molecule has 0 saturated heterocycles. The maximum absolute atomic E-state index is 12.2. The molecule has 0 aliphatic carbocycles. The predicted octanol–water partition coefficient (Wildman–Crippen LogP) is 4.64. The van der Waals surface area contributed by atoms with E-state index < -0.39 is 17.9 Å². The minimum absolute atomic E-state index is 0.0395. The Hall–Kier alpha value is -3.80. The molecule has 1 unspecified atom stereocenters. The molecule has 0 spiro atoms. The molecule has 2 N–H and O–H groups in total. The van der Waals surface area contributed by atoms with Crippen LogP contribution >= 0.6 is 0 Å². The fraction of sp³-hybridized carbons (Fsp3) is 0.259. The van der Waals surface area contributed by atoms with Crippen LogP contribution in [0, 0.1) is 0 Å². The van der Waals surface area contributed by atoms with E-state index in [0.717, 1.165) is 11.1 Å². The lowest BCUT2D eigenvalue weighted by Gasteiger charge is -2.20. The second kappa shape index (κ2) is 10.7. The number of carbonyl (C=O) groups excluding carboxylic acids is 2. The van der Waals surface area contributed by atoms with Crippen molar-refractivity contribution < 1.29 is 19.1 Å². The predicted molar refractivity (Wildman–Crippen MR) is 129 cm³/mol. The number of carbonyl (C=O) groups is 2. The normalized spacial score (nSPS) is 11.9. The van der Waals surface area contributed by atoms with Crippen molar-refractivity contribution in [3.63, 3.8) is 0 Å². The topological polar surface area (TPSA) is 76.7 Å². The van der Waals surface area contributed by atoms with Crippen molar-refractivity contribution in [1.29, 1.82) is 0 Å². The Labute approximate surface area is 194 Å². The lowest BCUT2D eigenvalue weighted by atomic mass is 9.87. The van der Waals surface area contributed by atoms with Gasteiger partial charge in [0.1, 0.15) is 11.5 Å². The molecular weight excluding hydrogens is 416 g/mol. The molecule has 0 aliphatic rings. The van der Waals surface area contributed by atoms with Gasteiger partial charge in [0.25, 0.3) is 11.8 Å². The van der Waals surface area contributed by atoms with Gasteiger partial charge < -0.3 is 9.47 Å². The van der Waals surface area contributed by atoms with Gasteiger partial charge in [-0.15, -0.1) is 0 Å². The zero-order valence-corrected chi connectivity index (χ0v) is 19.4. The first-order valence-corrected chi connectivity index (χ1v) is 10.9. The van der Waals surface area contributed by atoms with E-state index in [4.69, 9.17) is 9.47 Å². The van der Waals surface area contributed by atoms with Crippen LogP contribution in [0.3, 0.4) is 0 Å². The van der Waals surface area contributed by atoms with Gasteiger partial charge in [0, 0.05) is 0 Å². The molecule has 1 atom stereocenters. The Kier molecular flexibility index (Phi) is 7.72. The summed E-state index contributed by atoms with van der Waals surface area (Å²) in [6.07, 6.45) is -0.780. The first-order valence-electron chi connectivity index (χ1n) is 10.9. The van der Waals surface area contributed by atoms with Gasteiger partial charge in [0.15, 0.2) is 12.7 Å². The number of rotatable bonds is 7. The van der Waals surface area contributed by atoms with Crippen LogP contribution in [-0.2, 0) is 15.0 Å². The fourth-order valence-corrected chi connectivity index (χ4v) is 3.08. The number of amides is 2. The van der Waals surface area contributed by atoms with Crippen molar-refractivity contribution >= 4 is 11.8 Å². The van der Waals surface area contributed by atoms with E-state index >= 15 is 0 Å². The van der Waals surface area contributed by atoms with Gasteiger partial charge in [-0.2, -0.15) is 0 Å². The highest BCUT2D eigenvalue weighted by molar-refractivity contribution is 5.85. The largest absolute Gasteiger partial charge is 0.484 e. The number of hydrogen-bond donors (Lipinski definition) is 2. The molecule has 0 saturated carbocycles. The van der Waals surface area contributed by atoms with Crippen molar-refractivity contribution in [3.05, 3.63) is 84.4 Å². The van der Waals surface area contributed by atoms with Gasteiger partial charge in [-0.3, -0.25) is 20.4 Å². The van der Waals surface area contributed by atoms with E-state index in [1.165, 1.54) is 5.56 Å². The van der Waals surface area contributed by atoms with E-state index in [0.29, 0.717) is 11.5 Å². The van der Waals surface area contributed by atoms with Crippen molar-refractivity contribution in [1.82, 2.24) is 10.9 Å². The molecule has 6 nitrogen and oxygen atoms in total. The number of ether oxygens (including phenoxy) is 2. The second-order valence-electron chi connectivity index (χ2n) is 8.75. The van der Waals surface area contributed by atoms with E-state index in [1.54, 1.807) is 19.1 Å². The molecule has 0 fully saturated rings. The lowest BCUT2D eigenvalue weighted by Crippen LogP contribution is -2.48. The Bertz CT molecular complexity index is 1060. The maximum Gasteiger partial charge on any atom is 0.279 e. The van der Waals surface area contributed by atoms with Gasteiger partial charge in [-0.25, -0.2) is 0 Å². The molecule has 6 heteroatoms. The number of benzene rings is 3. The summed E-state index contributed by atoms with van der Waals surface area (Å²) in [5.41, 5.74) is 8.08. The third kappa shape index (κ3) is 7.10. The monoisotopic (exact) mass is 446 g/mol. The van der Waals surface area contributed by atoms with E-state index in [-0.39, 0.29) is 12.0 Å². The highest BCUT2D eigenvalue weighted by atomic mass is 16.5. The number of hydrazine groups is 1. The Balaban J connectivity index is 1.41. The SMILES string of the molecule is CC(Oc1ccc(C(C)(C)C)cc1)C(=O)NNC(=O)COc1ccc(-c2ccccc2)cc1. The second-order valence-corrected chi connectivity index (χ2v) is 8.75. The first-order chi connectivity index (χ1) is 15.7. The number of hydrogen-bond acceptors (Lipinski definition) is 4. The molecular formula is C27H30N2O4. The van der Waals surface area contributed by atoms with Crippen molar-refractivity contribution in [2.45, 2.75) is 39.2 Å². The first kappa shape index (κ1) is 23.9. The minimum Gasteiger partial charge on any atom is -0.484 e. The zero-order valence-electron chi connectivity index (χ0n) is 19.4. The highest BCUT2D eigenvalue weighted by Gasteiger charge is 2.17. The molecule has 3 aromatic rings. The van der Waals surface area contributed by atoms with Crippen molar-refractivity contribution in [2.75, 3.05) is 6.61 Å². The molecule has 0 aliphatic heterocycles. The van der Waals surface area contributed by atoms with Gasteiger partial charge in [0.05, 0.1) is 0 Å². The summed E-state index contributed by atoms with van der Waals surface area (Å²) in [5.74, 6) is 0.207. The molecule has 0 heterocycles. The smallest absolute Gasteiger partial charge is 0.279 e. The van der Waals surface area contributed by atoms with Crippen LogP contribution in [0.1, 0.15) is 33.3 Å². The molecule has 3 aromatic carbocycles. The summed E-state index contributed by atoms with van der Waals surface area (Å²) >= 11 is 0. The molecule has 172 valence electrons. The quantitative estimate of drug-likeness (QED) is 0.518. The molecule has 33 heavy (non-hydrogen) atoms. The lowest BCUT2D eigenvalue weighted by molar-refractivity contribution is -0.133. The summed E-state index contributed by atoms with van der Waals surface area (Å²) in [5, 5.41) is 0. The average molecular weight is 447 g/mol. The van der Waals surface area contributed by atoms with Gasteiger partial charge in [-0.1, -0.05) is 75.4 Å². The number of nitrogens with one attached hydrogen (secondary N) is 2. The summed E-state index contributed by atoms with van der Waals surface area (Å²) in [6, 6.07) is 25.1. The van der Waals surface area contributed by atoms with Gasteiger partial charge in [-0.05, 0) is 53.3 Å². The Morgan fingerprint density at radius 3 is 1.97 bits per heavy atom. The minimum atomic E-state index is -0.780. The third-order valence-electron chi connectivity index (χ3n) is 5.06. The Morgan fingerprint density at radius 2 is 1.36 bits per heavy atom. The Morgan fingerprint density at radius 1 is 0.788 bits per heavy atom. The van der Waals surface area contributed by atoms with Crippen LogP contribution in [0.4, 0.5) is 0 Å². The van der Waals surface area contributed by atoms with E-state index in [1.807, 2.05) is 66.7 Å². The van der Waals surface area contributed by atoms with Crippen molar-refractivity contribution in [2.24, 2.45) is 0 Å². The molecule has 0 aromatic heterocycles. The van der Waals surface area contributed by atoms with Crippen LogP contribution in [0.5, 0.6) is 11.5 Å². The van der Waals surface area contributed by atoms with Crippen LogP contribution in [0.15, 0.2) is 78.9 Å². The summed E-state index contributed by atoms with van der Waals surface area (Å²) in [6.45, 7) is 7.78. The molecule has 3 rings (SSSR count). The zero-order chi connectivity index (χ0) is 23.8. The average Bonchev–Trinajstić information content (AvgIpc) is 2.82. The molecule has 2 amide bonds. The maximum atomic E-state index is 12.2. The molecule has 0 bridgehead atoms. The third-order valence-corrected chi connectivity index (χ3v) is 5.06. The van der Waals surface area contributed by atoms with E-state index in [9.17, 15) is 9.59 Å². The fourth-order valence-electron chi connectivity index (χ4n) is 3.08. The molecule has 0 radical (unpaired) electrons. The van der Waals surface area contributed by atoms with Crippen LogP contribution in [0.25, 0.3) is 11.1 Å². The highest BCUT2D eigenvalue weighted by Crippen LogP contribution is 2.25. The van der Waals surface area contributed by atoms with Crippen LogP contribution < -0.4 is 20.3 Å². The summed E-state index contributed by atoms with van der Waals surface area (Å²) in [4.78, 5) is 24.3.